The second-order valence-corrected chi connectivity index (χ2v) is 10.4. The number of thiophene rings is 1. The van der Waals surface area contributed by atoms with Crippen LogP contribution in [0.2, 0.25) is 0 Å². The van der Waals surface area contributed by atoms with Crippen molar-refractivity contribution in [2.45, 2.75) is 39.2 Å². The van der Waals surface area contributed by atoms with Gasteiger partial charge in [0.15, 0.2) is 5.82 Å². The molecule has 2 aliphatic rings. The molecule has 2 aromatic heterocycles. The van der Waals surface area contributed by atoms with E-state index in [1.165, 1.54) is 28.7 Å². The lowest BCUT2D eigenvalue weighted by molar-refractivity contribution is 0.178. The summed E-state index contributed by atoms with van der Waals surface area (Å²) in [6.45, 7) is 4.41. The molecule has 0 amide bonds. The van der Waals surface area contributed by atoms with Crippen LogP contribution in [0, 0.1) is 0 Å². The number of anilines is 1. The molecule has 0 aromatic carbocycles. The molecule has 1 fully saturated rings. The van der Waals surface area contributed by atoms with Crippen molar-refractivity contribution >= 4 is 37.4 Å². The number of aromatic nitrogens is 2. The van der Waals surface area contributed by atoms with Crippen molar-refractivity contribution in [3.63, 3.8) is 0 Å². The predicted molar refractivity (Wildman–Crippen MR) is 108 cm³/mol. The Bertz CT molecular complexity index is 934. The van der Waals surface area contributed by atoms with E-state index in [1.807, 2.05) is 0 Å². The van der Waals surface area contributed by atoms with E-state index >= 15 is 0 Å². The summed E-state index contributed by atoms with van der Waals surface area (Å²) in [7, 11) is -1.48. The van der Waals surface area contributed by atoms with Crippen LogP contribution in [0.5, 0.6) is 0 Å². The Kier molecular flexibility index (Phi) is 5.37. The minimum atomic E-state index is -3.13. The zero-order chi connectivity index (χ0) is 19.0. The first-order chi connectivity index (χ1) is 13.0. The van der Waals surface area contributed by atoms with Crippen LogP contribution in [0.4, 0.5) is 5.82 Å². The van der Waals surface area contributed by atoms with Crippen LogP contribution < -0.4 is 4.90 Å². The Balaban J connectivity index is 1.71. The number of aryl methyl sites for hydroxylation is 2. The molecule has 0 spiro atoms. The lowest BCUT2D eigenvalue weighted by atomic mass is 9.97. The second-order valence-electron chi connectivity index (χ2n) is 7.07. The summed E-state index contributed by atoms with van der Waals surface area (Å²) in [6.07, 6.45) is 4.65. The van der Waals surface area contributed by atoms with E-state index in [0.717, 1.165) is 23.5 Å². The van der Waals surface area contributed by atoms with Crippen LogP contribution in [0.1, 0.15) is 36.0 Å². The maximum Gasteiger partial charge on any atom is 0.213 e. The number of rotatable bonds is 5. The van der Waals surface area contributed by atoms with Gasteiger partial charge in [-0.2, -0.15) is 4.31 Å². The van der Waals surface area contributed by atoms with Gasteiger partial charge in [0, 0.05) is 38.2 Å². The van der Waals surface area contributed by atoms with Gasteiger partial charge >= 0.3 is 0 Å². The van der Waals surface area contributed by atoms with Crippen LogP contribution >= 0.6 is 11.3 Å². The fourth-order valence-electron chi connectivity index (χ4n) is 3.96. The van der Waals surface area contributed by atoms with Crippen LogP contribution in [-0.4, -0.2) is 61.7 Å². The van der Waals surface area contributed by atoms with E-state index < -0.39 is 10.0 Å². The van der Waals surface area contributed by atoms with Gasteiger partial charge in [-0.1, -0.05) is 0 Å². The molecule has 0 unspecified atom stereocenters. The highest BCUT2D eigenvalue weighted by Gasteiger charge is 2.29. The summed E-state index contributed by atoms with van der Waals surface area (Å²) in [5, 5.41) is 1.18. The number of piperazine rings is 1. The summed E-state index contributed by atoms with van der Waals surface area (Å²) in [5.74, 6) is 1.81. The standard InChI is InChI=1S/C18H26N4O3S2/c1-3-27(23,24)22-10-8-21(9-11-22)17-16-13-6-4-5-7-14(13)26-18(16)20-15(19-17)12-25-2/h3-12H2,1-2H3. The number of hydrogen-bond acceptors (Lipinski definition) is 7. The molecule has 27 heavy (non-hydrogen) atoms. The SMILES string of the molecule is CCS(=O)(=O)N1CCN(c2nc(COC)nc3sc4c(c23)CCCC4)CC1. The first-order valence-corrected chi connectivity index (χ1v) is 12.0. The zero-order valence-corrected chi connectivity index (χ0v) is 17.5. The number of methoxy groups -OCH3 is 1. The maximum atomic E-state index is 12.2. The molecule has 0 atom stereocenters. The average molecular weight is 411 g/mol. The van der Waals surface area contributed by atoms with E-state index in [1.54, 1.807) is 29.7 Å². The Morgan fingerprint density at radius 1 is 1.11 bits per heavy atom. The third kappa shape index (κ3) is 3.57. The van der Waals surface area contributed by atoms with Gasteiger partial charge in [-0.3, -0.25) is 0 Å². The predicted octanol–water partition coefficient (Wildman–Crippen LogP) is 2.19. The van der Waals surface area contributed by atoms with E-state index in [2.05, 4.69) is 4.90 Å². The van der Waals surface area contributed by atoms with Gasteiger partial charge in [-0.25, -0.2) is 18.4 Å². The molecular formula is C18H26N4O3S2. The first-order valence-electron chi connectivity index (χ1n) is 9.56. The second kappa shape index (κ2) is 7.62. The molecule has 1 aliphatic carbocycles. The summed E-state index contributed by atoms with van der Waals surface area (Å²) < 4.78 is 31.2. The topological polar surface area (TPSA) is 75.6 Å². The summed E-state index contributed by atoms with van der Waals surface area (Å²) >= 11 is 1.79. The number of fused-ring (bicyclic) bond motifs is 3. The van der Waals surface area contributed by atoms with Gasteiger partial charge in [0.25, 0.3) is 0 Å². The lowest BCUT2D eigenvalue weighted by Gasteiger charge is -2.35. The van der Waals surface area contributed by atoms with Crippen molar-refractivity contribution in [1.82, 2.24) is 14.3 Å². The molecule has 0 N–H and O–H groups in total. The summed E-state index contributed by atoms with van der Waals surface area (Å²) in [4.78, 5) is 14.3. The van der Waals surface area contributed by atoms with Gasteiger partial charge in [0.05, 0.1) is 11.1 Å². The normalized spacial score (nSPS) is 18.8. The molecule has 0 saturated carbocycles. The molecule has 9 heteroatoms. The van der Waals surface area contributed by atoms with Crippen LogP contribution in [0.25, 0.3) is 10.2 Å². The molecule has 3 heterocycles. The smallest absolute Gasteiger partial charge is 0.213 e. The van der Waals surface area contributed by atoms with Crippen LogP contribution in [0.3, 0.4) is 0 Å². The van der Waals surface area contributed by atoms with Crippen LogP contribution in [0.15, 0.2) is 0 Å². The monoisotopic (exact) mass is 410 g/mol. The largest absolute Gasteiger partial charge is 0.377 e. The number of sulfonamides is 1. The zero-order valence-electron chi connectivity index (χ0n) is 15.9. The van der Waals surface area contributed by atoms with Crippen molar-refractivity contribution in [2.75, 3.05) is 43.9 Å². The summed E-state index contributed by atoms with van der Waals surface area (Å²) in [5.41, 5.74) is 1.41. The number of hydrogen-bond donors (Lipinski definition) is 0. The molecule has 2 aromatic rings. The van der Waals surface area contributed by atoms with Gasteiger partial charge in [-0.15, -0.1) is 11.3 Å². The van der Waals surface area contributed by atoms with Crippen molar-refractivity contribution in [3.8, 4) is 0 Å². The molecule has 0 radical (unpaired) electrons. The van der Waals surface area contributed by atoms with Crippen LogP contribution in [-0.2, 0) is 34.2 Å². The van der Waals surface area contributed by atoms with Gasteiger partial charge in [0.1, 0.15) is 17.3 Å². The van der Waals surface area contributed by atoms with E-state index in [-0.39, 0.29) is 5.75 Å². The molecule has 0 bridgehead atoms. The maximum absolute atomic E-state index is 12.2. The van der Waals surface area contributed by atoms with Crippen molar-refractivity contribution < 1.29 is 13.2 Å². The van der Waals surface area contributed by atoms with E-state index in [9.17, 15) is 8.42 Å². The molecular weight excluding hydrogens is 384 g/mol. The molecule has 148 valence electrons. The minimum absolute atomic E-state index is 0.154. The minimum Gasteiger partial charge on any atom is -0.377 e. The molecule has 1 aliphatic heterocycles. The fraction of sp³-hybridized carbons (Fsp3) is 0.667. The van der Waals surface area contributed by atoms with E-state index in [4.69, 9.17) is 14.7 Å². The molecule has 1 saturated heterocycles. The quantitative estimate of drug-likeness (QED) is 0.752. The Morgan fingerprint density at radius 2 is 1.85 bits per heavy atom. The Labute approximate surface area is 164 Å². The fourth-order valence-corrected chi connectivity index (χ4v) is 6.32. The number of nitrogens with zero attached hydrogens (tertiary/aromatic N) is 4. The first kappa shape index (κ1) is 19.0. The highest BCUT2D eigenvalue weighted by Crippen LogP contribution is 2.40. The van der Waals surface area contributed by atoms with Crippen molar-refractivity contribution in [2.24, 2.45) is 0 Å². The third-order valence-corrected chi connectivity index (χ3v) is 8.48. The average Bonchev–Trinajstić information content (AvgIpc) is 3.06. The number of ether oxygens (including phenoxy) is 1. The Morgan fingerprint density at radius 3 is 2.56 bits per heavy atom. The van der Waals surface area contributed by atoms with E-state index in [0.29, 0.717) is 38.6 Å². The molecule has 7 nitrogen and oxygen atoms in total. The van der Waals surface area contributed by atoms with Gasteiger partial charge in [0.2, 0.25) is 10.0 Å². The summed E-state index contributed by atoms with van der Waals surface area (Å²) in [6, 6.07) is 0. The highest BCUT2D eigenvalue weighted by molar-refractivity contribution is 7.89. The van der Waals surface area contributed by atoms with Gasteiger partial charge in [-0.05, 0) is 38.2 Å². The highest BCUT2D eigenvalue weighted by atomic mass is 32.2. The Hall–Kier alpha value is -1.29. The molecule has 4 rings (SSSR count). The van der Waals surface area contributed by atoms with Crippen molar-refractivity contribution in [3.05, 3.63) is 16.3 Å². The van der Waals surface area contributed by atoms with Gasteiger partial charge < -0.3 is 9.64 Å². The third-order valence-electron chi connectivity index (χ3n) is 5.41. The van der Waals surface area contributed by atoms with Crippen molar-refractivity contribution in [1.29, 1.82) is 0 Å². The lowest BCUT2D eigenvalue weighted by Crippen LogP contribution is -2.49.